The van der Waals surface area contributed by atoms with E-state index in [-0.39, 0.29) is 18.1 Å². The zero-order valence-electron chi connectivity index (χ0n) is 13.3. The van der Waals surface area contributed by atoms with E-state index >= 15 is 0 Å². The Morgan fingerprint density at radius 3 is 2.71 bits per heavy atom. The van der Waals surface area contributed by atoms with E-state index in [0.717, 1.165) is 19.3 Å². The van der Waals surface area contributed by atoms with Crippen LogP contribution in [-0.4, -0.2) is 53.8 Å². The van der Waals surface area contributed by atoms with E-state index in [1.54, 1.807) is 4.90 Å². The van der Waals surface area contributed by atoms with Gasteiger partial charge in [-0.3, -0.25) is 0 Å². The van der Waals surface area contributed by atoms with E-state index in [4.69, 9.17) is 4.74 Å². The van der Waals surface area contributed by atoms with Gasteiger partial charge in [0.2, 0.25) is 0 Å². The van der Waals surface area contributed by atoms with Crippen molar-refractivity contribution in [2.45, 2.75) is 58.6 Å². The molecule has 0 aliphatic carbocycles. The molecule has 2 unspecified atom stereocenters. The number of aliphatic carboxylic acids is 1. The lowest BCUT2D eigenvalue weighted by molar-refractivity contribution is -0.140. The van der Waals surface area contributed by atoms with Gasteiger partial charge in [-0.1, -0.05) is 27.2 Å². The number of hydrogen-bond donors (Lipinski definition) is 2. The molecule has 6 nitrogen and oxygen atoms in total. The van der Waals surface area contributed by atoms with Crippen LogP contribution in [0.5, 0.6) is 0 Å². The highest BCUT2D eigenvalue weighted by molar-refractivity contribution is 5.82. The number of rotatable bonds is 7. The molecule has 2 amide bonds. The Hall–Kier alpha value is -1.30. The molecule has 0 aromatic carbocycles. The van der Waals surface area contributed by atoms with Crippen LogP contribution in [0.1, 0.15) is 46.5 Å². The molecule has 0 aromatic rings. The van der Waals surface area contributed by atoms with Crippen molar-refractivity contribution in [1.29, 1.82) is 0 Å². The number of carboxylic acids is 1. The third-order valence-electron chi connectivity index (χ3n) is 3.98. The van der Waals surface area contributed by atoms with Crippen molar-refractivity contribution in [3.63, 3.8) is 0 Å². The second-order valence-corrected chi connectivity index (χ2v) is 5.73. The van der Waals surface area contributed by atoms with Crippen LogP contribution in [0.3, 0.4) is 0 Å². The first kappa shape index (κ1) is 17.8. The second-order valence-electron chi connectivity index (χ2n) is 5.73. The number of carbonyl (C=O) groups is 2. The molecule has 0 aromatic heterocycles. The number of nitrogens with one attached hydrogen (secondary N) is 1. The maximum Gasteiger partial charge on any atom is 0.326 e. The van der Waals surface area contributed by atoms with Crippen molar-refractivity contribution in [3.8, 4) is 0 Å². The summed E-state index contributed by atoms with van der Waals surface area (Å²) in [6.07, 6.45) is 3.58. The lowest BCUT2D eigenvalue weighted by Crippen LogP contribution is -2.53. The number of ether oxygens (including phenoxy) is 1. The van der Waals surface area contributed by atoms with Gasteiger partial charge in [0.05, 0.1) is 6.10 Å². The number of hydrogen-bond acceptors (Lipinski definition) is 3. The highest BCUT2D eigenvalue weighted by Crippen LogP contribution is 2.15. The molecule has 1 rings (SSSR count). The van der Waals surface area contributed by atoms with Crippen LogP contribution >= 0.6 is 0 Å². The molecule has 0 radical (unpaired) electrons. The summed E-state index contributed by atoms with van der Waals surface area (Å²) in [6, 6.07) is -1.13. The van der Waals surface area contributed by atoms with Gasteiger partial charge in [-0.25, -0.2) is 9.59 Å². The summed E-state index contributed by atoms with van der Waals surface area (Å²) in [5.41, 5.74) is 0. The topological polar surface area (TPSA) is 78.9 Å². The van der Waals surface area contributed by atoms with E-state index < -0.39 is 12.0 Å². The molecule has 21 heavy (non-hydrogen) atoms. The van der Waals surface area contributed by atoms with Crippen LogP contribution in [0, 0.1) is 5.92 Å². The maximum atomic E-state index is 12.2. The Morgan fingerprint density at radius 1 is 1.43 bits per heavy atom. The molecular formula is C15H28N2O4. The molecule has 0 bridgehead atoms. The van der Waals surface area contributed by atoms with Crippen molar-refractivity contribution in [3.05, 3.63) is 0 Å². The Balaban J connectivity index is 2.54. The Labute approximate surface area is 126 Å². The van der Waals surface area contributed by atoms with Crippen molar-refractivity contribution in [1.82, 2.24) is 10.2 Å². The highest BCUT2D eigenvalue weighted by Gasteiger charge is 2.29. The number of amides is 2. The Kier molecular flexibility index (Phi) is 7.50. The number of carbonyl (C=O) groups excluding carboxylic acids is 1. The van der Waals surface area contributed by atoms with Crippen LogP contribution in [0.2, 0.25) is 0 Å². The first-order chi connectivity index (χ1) is 9.99. The van der Waals surface area contributed by atoms with E-state index in [2.05, 4.69) is 12.2 Å². The molecule has 0 saturated carbocycles. The van der Waals surface area contributed by atoms with Gasteiger partial charge in [-0.05, 0) is 25.2 Å². The Morgan fingerprint density at radius 2 is 2.14 bits per heavy atom. The van der Waals surface area contributed by atoms with E-state index in [9.17, 15) is 14.7 Å². The lowest BCUT2D eigenvalue weighted by atomic mass is 9.99. The average molecular weight is 300 g/mol. The molecule has 122 valence electrons. The average Bonchev–Trinajstić information content (AvgIpc) is 2.49. The molecular weight excluding hydrogens is 272 g/mol. The largest absolute Gasteiger partial charge is 0.480 e. The van der Waals surface area contributed by atoms with Crippen LogP contribution in [0.25, 0.3) is 0 Å². The standard InChI is InChI=1S/C15H28N2O4/c1-4-9-21-12-7-6-8-17(10-12)15(20)16-13(14(18)19)11(3)5-2/h11-13H,4-10H2,1-3H3,(H,16,20)(H,18,19)/t11?,12?,13-/m0/s1. The SMILES string of the molecule is CCCOC1CCCN(C(=O)N[C@H](C(=O)O)C(C)CC)C1. The minimum Gasteiger partial charge on any atom is -0.480 e. The highest BCUT2D eigenvalue weighted by atomic mass is 16.5. The summed E-state index contributed by atoms with van der Waals surface area (Å²) in [4.78, 5) is 25.2. The minimum absolute atomic E-state index is 0.0660. The first-order valence-corrected chi connectivity index (χ1v) is 7.89. The van der Waals surface area contributed by atoms with Gasteiger partial charge in [-0.2, -0.15) is 0 Å². The summed E-state index contributed by atoms with van der Waals surface area (Å²) >= 11 is 0. The van der Waals surface area contributed by atoms with Gasteiger partial charge in [0.15, 0.2) is 0 Å². The monoisotopic (exact) mass is 300 g/mol. The maximum absolute atomic E-state index is 12.2. The first-order valence-electron chi connectivity index (χ1n) is 7.89. The van der Waals surface area contributed by atoms with E-state index in [1.165, 1.54) is 0 Å². The van der Waals surface area contributed by atoms with Gasteiger partial charge < -0.3 is 20.1 Å². The fourth-order valence-corrected chi connectivity index (χ4v) is 2.45. The molecule has 2 N–H and O–H groups in total. The van der Waals surface area contributed by atoms with Crippen LogP contribution in [0.15, 0.2) is 0 Å². The van der Waals surface area contributed by atoms with E-state index in [0.29, 0.717) is 26.1 Å². The van der Waals surface area contributed by atoms with Crippen LogP contribution in [0.4, 0.5) is 4.79 Å². The van der Waals surface area contributed by atoms with Gasteiger partial charge in [0.25, 0.3) is 0 Å². The zero-order valence-corrected chi connectivity index (χ0v) is 13.3. The number of likely N-dealkylation sites (tertiary alicyclic amines) is 1. The van der Waals surface area contributed by atoms with Gasteiger partial charge in [0.1, 0.15) is 6.04 Å². The quantitative estimate of drug-likeness (QED) is 0.754. The predicted molar refractivity (Wildman–Crippen MR) is 80.2 cm³/mol. The molecule has 3 atom stereocenters. The zero-order chi connectivity index (χ0) is 15.8. The number of urea groups is 1. The molecule has 1 aliphatic rings. The fraction of sp³-hybridized carbons (Fsp3) is 0.867. The van der Waals surface area contributed by atoms with E-state index in [1.807, 2.05) is 13.8 Å². The summed E-state index contributed by atoms with van der Waals surface area (Å²) in [7, 11) is 0. The van der Waals surface area contributed by atoms with Gasteiger partial charge in [0, 0.05) is 19.7 Å². The number of piperidine rings is 1. The predicted octanol–water partition coefficient (Wildman–Crippen LogP) is 2.09. The van der Waals surface area contributed by atoms with Gasteiger partial charge in [-0.15, -0.1) is 0 Å². The number of carboxylic acid groups (broad SMARTS) is 1. The van der Waals surface area contributed by atoms with Crippen LogP contribution < -0.4 is 5.32 Å². The molecule has 1 fully saturated rings. The lowest BCUT2D eigenvalue weighted by Gasteiger charge is -2.34. The third-order valence-corrected chi connectivity index (χ3v) is 3.98. The summed E-state index contributed by atoms with van der Waals surface area (Å²) < 4.78 is 5.70. The number of nitrogens with zero attached hydrogens (tertiary/aromatic N) is 1. The van der Waals surface area contributed by atoms with Crippen molar-refractivity contribution in [2.75, 3.05) is 19.7 Å². The normalized spacial score (nSPS) is 21.7. The molecule has 1 saturated heterocycles. The van der Waals surface area contributed by atoms with Gasteiger partial charge >= 0.3 is 12.0 Å². The fourth-order valence-electron chi connectivity index (χ4n) is 2.45. The minimum atomic E-state index is -0.978. The second kappa shape index (κ2) is 8.87. The molecule has 6 heteroatoms. The molecule has 0 spiro atoms. The summed E-state index contributed by atoms with van der Waals surface area (Å²) in [5, 5.41) is 11.9. The summed E-state index contributed by atoms with van der Waals surface area (Å²) in [6.45, 7) is 7.70. The molecule has 1 heterocycles. The van der Waals surface area contributed by atoms with Crippen molar-refractivity contribution < 1.29 is 19.4 Å². The Bertz CT molecular complexity index is 349. The molecule has 1 aliphatic heterocycles. The van der Waals surface area contributed by atoms with Crippen LogP contribution in [-0.2, 0) is 9.53 Å². The smallest absolute Gasteiger partial charge is 0.326 e. The van der Waals surface area contributed by atoms with Crippen molar-refractivity contribution in [2.24, 2.45) is 5.92 Å². The third kappa shape index (κ3) is 5.53. The summed E-state index contributed by atoms with van der Waals surface area (Å²) in [5.74, 6) is -1.07. The van der Waals surface area contributed by atoms with Crippen molar-refractivity contribution >= 4 is 12.0 Å².